The van der Waals surface area contributed by atoms with Crippen LogP contribution in [0, 0.1) is 5.41 Å². The third kappa shape index (κ3) is 3.74. The number of hydrogen-bond acceptors (Lipinski definition) is 5. The molecule has 2 aromatic rings. The number of rotatable bonds is 4. The number of piperidine rings is 1. The minimum Gasteiger partial charge on any atom is -0.482 e. The predicted octanol–water partition coefficient (Wildman–Crippen LogP) is 1.56. The van der Waals surface area contributed by atoms with Gasteiger partial charge in [-0.1, -0.05) is 30.3 Å². The first-order chi connectivity index (χ1) is 14.8. The molecule has 0 aromatic heterocycles. The summed E-state index contributed by atoms with van der Waals surface area (Å²) in [5, 5.41) is 20.7. The lowest BCUT2D eigenvalue weighted by atomic mass is 9.72. The number of ether oxygens (including phenoxy) is 1. The number of fused-ring (bicyclic) bond motifs is 1. The summed E-state index contributed by atoms with van der Waals surface area (Å²) >= 11 is 0. The fourth-order valence-corrected chi connectivity index (χ4v) is 4.26. The number of hydrogen-bond donors (Lipinski definition) is 2. The number of amides is 2. The van der Waals surface area contributed by atoms with Crippen molar-refractivity contribution in [2.45, 2.75) is 18.9 Å². The molecule has 1 saturated heterocycles. The highest BCUT2D eigenvalue weighted by Crippen LogP contribution is 2.37. The highest BCUT2D eigenvalue weighted by Gasteiger charge is 2.50. The Kier molecular flexibility index (Phi) is 5.41. The topological polar surface area (TPSA) is 107 Å². The Balaban J connectivity index is 1.62. The summed E-state index contributed by atoms with van der Waals surface area (Å²) in [6, 6.07) is 13.9. The third-order valence-electron chi connectivity index (χ3n) is 6.15. The number of carboxylic acids is 1. The van der Waals surface area contributed by atoms with E-state index in [-0.39, 0.29) is 44.4 Å². The lowest BCUT2D eigenvalue weighted by Gasteiger charge is -2.43. The van der Waals surface area contributed by atoms with Gasteiger partial charge in [0.15, 0.2) is 6.61 Å². The van der Waals surface area contributed by atoms with E-state index in [0.717, 1.165) is 5.56 Å². The van der Waals surface area contributed by atoms with Crippen LogP contribution in [-0.2, 0) is 16.0 Å². The summed E-state index contributed by atoms with van der Waals surface area (Å²) in [5.74, 6) is -1.19. The molecule has 0 aliphatic carbocycles. The van der Waals surface area contributed by atoms with E-state index in [1.54, 1.807) is 25.2 Å². The maximum absolute atomic E-state index is 13.3. The Hall–Kier alpha value is -3.39. The number of likely N-dealkylation sites (tertiary alicyclic amines) is 1. The molecule has 0 radical (unpaired) electrons. The maximum atomic E-state index is 13.3. The van der Waals surface area contributed by atoms with Crippen LogP contribution < -0.4 is 9.64 Å². The highest BCUT2D eigenvalue weighted by atomic mass is 16.5. The molecular formula is C23H24N2O6. The number of carbonyl (C=O) groups excluding carboxylic acids is 2. The molecule has 2 heterocycles. The van der Waals surface area contributed by atoms with E-state index in [1.807, 2.05) is 30.3 Å². The fraction of sp³-hybridized carbons (Fsp3) is 0.348. The maximum Gasteiger partial charge on any atom is 0.314 e. The van der Waals surface area contributed by atoms with E-state index < -0.39 is 17.5 Å². The molecule has 2 atom stereocenters. The van der Waals surface area contributed by atoms with E-state index in [2.05, 4.69) is 0 Å². The lowest BCUT2D eigenvalue weighted by Crippen LogP contribution is -2.58. The zero-order chi connectivity index (χ0) is 22.2. The van der Waals surface area contributed by atoms with Gasteiger partial charge in [0, 0.05) is 25.7 Å². The first-order valence-electron chi connectivity index (χ1n) is 10.1. The first-order valence-corrected chi connectivity index (χ1v) is 10.1. The van der Waals surface area contributed by atoms with Crippen molar-refractivity contribution in [1.29, 1.82) is 0 Å². The molecule has 4 rings (SSSR count). The second-order valence-electron chi connectivity index (χ2n) is 8.08. The van der Waals surface area contributed by atoms with Crippen molar-refractivity contribution in [3.63, 3.8) is 0 Å². The Morgan fingerprint density at radius 1 is 1.19 bits per heavy atom. The molecule has 2 aromatic carbocycles. The van der Waals surface area contributed by atoms with Crippen molar-refractivity contribution in [3.8, 4) is 5.75 Å². The predicted molar refractivity (Wildman–Crippen MR) is 112 cm³/mol. The van der Waals surface area contributed by atoms with Gasteiger partial charge in [-0.3, -0.25) is 14.4 Å². The number of benzene rings is 2. The molecule has 0 saturated carbocycles. The number of aliphatic carboxylic acids is 1. The number of aliphatic hydroxyl groups excluding tert-OH is 1. The molecule has 2 aliphatic rings. The molecule has 1 fully saturated rings. The summed E-state index contributed by atoms with van der Waals surface area (Å²) < 4.78 is 5.40. The number of carboxylic acid groups (broad SMARTS) is 1. The van der Waals surface area contributed by atoms with Gasteiger partial charge in [0.2, 0.25) is 0 Å². The molecule has 8 heteroatoms. The third-order valence-corrected chi connectivity index (χ3v) is 6.15. The van der Waals surface area contributed by atoms with Crippen LogP contribution in [0.4, 0.5) is 5.69 Å². The first kappa shape index (κ1) is 20.9. The number of aliphatic hydroxyl groups is 1. The molecule has 2 N–H and O–H groups in total. The summed E-state index contributed by atoms with van der Waals surface area (Å²) in [5.41, 5.74) is 0.107. The summed E-state index contributed by atoms with van der Waals surface area (Å²) in [6.07, 6.45) is -0.796. The van der Waals surface area contributed by atoms with E-state index >= 15 is 0 Å². The Morgan fingerprint density at radius 3 is 2.65 bits per heavy atom. The van der Waals surface area contributed by atoms with Gasteiger partial charge in [0.05, 0.1) is 11.8 Å². The summed E-state index contributed by atoms with van der Waals surface area (Å²) in [7, 11) is 1.62. The quantitative estimate of drug-likeness (QED) is 0.772. The van der Waals surface area contributed by atoms with Gasteiger partial charge >= 0.3 is 5.97 Å². The normalized spacial score (nSPS) is 23.2. The van der Waals surface area contributed by atoms with Crippen molar-refractivity contribution in [3.05, 3.63) is 59.7 Å². The van der Waals surface area contributed by atoms with Crippen molar-refractivity contribution in [2.24, 2.45) is 5.41 Å². The van der Waals surface area contributed by atoms with Crippen LogP contribution in [-0.4, -0.2) is 65.7 Å². The van der Waals surface area contributed by atoms with Gasteiger partial charge < -0.3 is 24.7 Å². The Labute approximate surface area is 179 Å². The number of carbonyl (C=O) groups is 3. The van der Waals surface area contributed by atoms with Crippen LogP contribution in [0.2, 0.25) is 0 Å². The van der Waals surface area contributed by atoms with Crippen LogP contribution >= 0.6 is 0 Å². The molecule has 2 aliphatic heterocycles. The van der Waals surface area contributed by atoms with Gasteiger partial charge in [0.1, 0.15) is 11.2 Å². The molecule has 31 heavy (non-hydrogen) atoms. The average Bonchev–Trinajstić information content (AvgIpc) is 2.78. The second kappa shape index (κ2) is 8.03. The van der Waals surface area contributed by atoms with E-state index in [0.29, 0.717) is 17.0 Å². The summed E-state index contributed by atoms with van der Waals surface area (Å²) in [4.78, 5) is 40.4. The molecule has 0 bridgehead atoms. The Morgan fingerprint density at radius 2 is 1.94 bits per heavy atom. The zero-order valence-electron chi connectivity index (χ0n) is 17.2. The smallest absolute Gasteiger partial charge is 0.314 e. The molecular weight excluding hydrogens is 400 g/mol. The van der Waals surface area contributed by atoms with Gasteiger partial charge in [0.25, 0.3) is 11.8 Å². The standard InChI is InChI=1S/C23H24N2O6/c1-24-17-11-16(7-8-18(17)31-13-20(24)27)21(28)25-10-9-19(26)23(14-25,22(29)30)12-15-5-3-2-4-6-15/h2-8,11,19,26H,9-10,12-14H2,1H3,(H,29,30)/t19-,23+/m0/s1. The fourth-order valence-electron chi connectivity index (χ4n) is 4.26. The van der Waals surface area contributed by atoms with Crippen LogP contribution in [0.1, 0.15) is 22.3 Å². The van der Waals surface area contributed by atoms with E-state index in [4.69, 9.17) is 4.74 Å². The van der Waals surface area contributed by atoms with E-state index in [1.165, 1.54) is 9.80 Å². The lowest BCUT2D eigenvalue weighted by molar-refractivity contribution is -0.161. The van der Waals surface area contributed by atoms with Crippen molar-refractivity contribution >= 4 is 23.5 Å². The average molecular weight is 424 g/mol. The van der Waals surface area contributed by atoms with Crippen LogP contribution in [0.15, 0.2) is 48.5 Å². The van der Waals surface area contributed by atoms with Crippen molar-refractivity contribution in [1.82, 2.24) is 4.90 Å². The van der Waals surface area contributed by atoms with Crippen molar-refractivity contribution in [2.75, 3.05) is 31.6 Å². The molecule has 8 nitrogen and oxygen atoms in total. The van der Waals surface area contributed by atoms with Crippen molar-refractivity contribution < 1.29 is 29.3 Å². The minimum absolute atomic E-state index is 0.0541. The van der Waals surface area contributed by atoms with Crippen LogP contribution in [0.25, 0.3) is 0 Å². The van der Waals surface area contributed by atoms with Gasteiger partial charge in [-0.15, -0.1) is 0 Å². The SMILES string of the molecule is CN1C(=O)COc2ccc(C(=O)N3CC[C@H](O)[C@](Cc4ccccc4)(C(=O)O)C3)cc21. The minimum atomic E-state index is -1.50. The van der Waals surface area contributed by atoms with Gasteiger partial charge in [-0.2, -0.15) is 0 Å². The van der Waals surface area contributed by atoms with Gasteiger partial charge in [-0.05, 0) is 36.6 Å². The highest BCUT2D eigenvalue weighted by molar-refractivity contribution is 6.01. The number of anilines is 1. The molecule has 2 amide bonds. The van der Waals surface area contributed by atoms with E-state index in [9.17, 15) is 24.6 Å². The monoisotopic (exact) mass is 424 g/mol. The molecule has 162 valence electrons. The second-order valence-corrected chi connectivity index (χ2v) is 8.08. The zero-order valence-corrected chi connectivity index (χ0v) is 17.2. The molecule has 0 spiro atoms. The number of likely N-dealkylation sites (N-methyl/N-ethyl adjacent to an activating group) is 1. The number of nitrogens with zero attached hydrogens (tertiary/aromatic N) is 2. The summed E-state index contributed by atoms with van der Waals surface area (Å²) in [6.45, 7) is 0.0766. The van der Waals surface area contributed by atoms with Crippen LogP contribution in [0.5, 0.6) is 5.75 Å². The largest absolute Gasteiger partial charge is 0.482 e. The molecule has 0 unspecified atom stereocenters. The Bertz CT molecular complexity index is 1020. The van der Waals surface area contributed by atoms with Gasteiger partial charge in [-0.25, -0.2) is 0 Å². The van der Waals surface area contributed by atoms with Crippen LogP contribution in [0.3, 0.4) is 0 Å².